The van der Waals surface area contributed by atoms with Gasteiger partial charge in [-0.15, -0.1) is 0 Å². The monoisotopic (exact) mass is 202 g/mol. The number of nitrogens with zero attached hydrogens (tertiary/aromatic N) is 2. The van der Waals surface area contributed by atoms with Crippen molar-refractivity contribution >= 4 is 5.52 Å². The van der Waals surface area contributed by atoms with Gasteiger partial charge in [0.1, 0.15) is 0 Å². The Bertz CT molecular complexity index is 549. The highest BCUT2D eigenvalue weighted by Gasteiger charge is 2.16. The summed E-state index contributed by atoms with van der Waals surface area (Å²) >= 11 is 0. The van der Waals surface area contributed by atoms with E-state index in [9.17, 15) is 4.79 Å². The summed E-state index contributed by atoms with van der Waals surface area (Å²) < 4.78 is 1.58. The predicted molar refractivity (Wildman–Crippen MR) is 60.2 cm³/mol. The first-order valence-electron chi connectivity index (χ1n) is 4.97. The van der Waals surface area contributed by atoms with Crippen LogP contribution in [0.1, 0.15) is 26.3 Å². The summed E-state index contributed by atoms with van der Waals surface area (Å²) in [4.78, 5) is 15.2. The second-order valence-electron chi connectivity index (χ2n) is 4.65. The quantitative estimate of drug-likeness (QED) is 0.654. The van der Waals surface area contributed by atoms with Crippen molar-refractivity contribution in [1.82, 2.24) is 9.38 Å². The van der Waals surface area contributed by atoms with Crippen LogP contribution in [0.2, 0.25) is 0 Å². The molecular formula is C12H14N2O. The van der Waals surface area contributed by atoms with Crippen LogP contribution >= 0.6 is 0 Å². The van der Waals surface area contributed by atoms with Gasteiger partial charge >= 0.3 is 5.69 Å². The zero-order valence-corrected chi connectivity index (χ0v) is 9.19. The summed E-state index contributed by atoms with van der Waals surface area (Å²) in [5, 5.41) is 0. The molecule has 3 heteroatoms. The lowest BCUT2D eigenvalue weighted by Gasteiger charge is -2.20. The number of pyridine rings is 1. The van der Waals surface area contributed by atoms with Gasteiger partial charge in [-0.1, -0.05) is 26.8 Å². The SMILES string of the molecule is CC(C)(C)c1cccn2c(=O)nccc12. The molecule has 15 heavy (non-hydrogen) atoms. The van der Waals surface area contributed by atoms with E-state index in [4.69, 9.17) is 0 Å². The van der Waals surface area contributed by atoms with Crippen molar-refractivity contribution in [2.75, 3.05) is 0 Å². The topological polar surface area (TPSA) is 34.4 Å². The van der Waals surface area contributed by atoms with Crippen LogP contribution < -0.4 is 5.69 Å². The number of hydrogen-bond donors (Lipinski definition) is 0. The van der Waals surface area contributed by atoms with Crippen LogP contribution in [0.15, 0.2) is 35.4 Å². The van der Waals surface area contributed by atoms with E-state index < -0.39 is 0 Å². The number of hydrogen-bond acceptors (Lipinski definition) is 2. The molecule has 78 valence electrons. The summed E-state index contributed by atoms with van der Waals surface area (Å²) in [6.07, 6.45) is 3.31. The van der Waals surface area contributed by atoms with Gasteiger partial charge in [0.25, 0.3) is 0 Å². The highest BCUT2D eigenvalue weighted by Crippen LogP contribution is 2.25. The molecule has 2 heterocycles. The molecular weight excluding hydrogens is 188 g/mol. The Morgan fingerprint density at radius 2 is 2.00 bits per heavy atom. The first kappa shape index (κ1) is 9.90. The maximum atomic E-state index is 11.5. The average molecular weight is 202 g/mol. The van der Waals surface area contributed by atoms with E-state index in [1.165, 1.54) is 0 Å². The van der Waals surface area contributed by atoms with Gasteiger partial charge in [0.2, 0.25) is 0 Å². The third-order valence-corrected chi connectivity index (χ3v) is 2.46. The normalized spacial score (nSPS) is 11.9. The fourth-order valence-corrected chi connectivity index (χ4v) is 1.73. The minimum atomic E-state index is -0.224. The van der Waals surface area contributed by atoms with Gasteiger partial charge in [-0.3, -0.25) is 4.40 Å². The van der Waals surface area contributed by atoms with Gasteiger partial charge in [0, 0.05) is 12.4 Å². The molecule has 0 spiro atoms. The molecule has 2 aromatic rings. The van der Waals surface area contributed by atoms with Crippen LogP contribution in [0.5, 0.6) is 0 Å². The van der Waals surface area contributed by atoms with E-state index in [2.05, 4.69) is 31.8 Å². The zero-order chi connectivity index (χ0) is 11.1. The lowest BCUT2D eigenvalue weighted by atomic mass is 9.87. The summed E-state index contributed by atoms with van der Waals surface area (Å²) in [6.45, 7) is 6.40. The van der Waals surface area contributed by atoms with E-state index in [1.807, 2.05) is 12.1 Å². The van der Waals surface area contributed by atoms with Crippen molar-refractivity contribution in [3.05, 3.63) is 46.6 Å². The Morgan fingerprint density at radius 1 is 1.27 bits per heavy atom. The molecule has 0 atom stereocenters. The van der Waals surface area contributed by atoms with E-state index in [-0.39, 0.29) is 11.1 Å². The molecule has 3 nitrogen and oxygen atoms in total. The van der Waals surface area contributed by atoms with Crippen molar-refractivity contribution in [1.29, 1.82) is 0 Å². The molecule has 2 aromatic heterocycles. The lowest BCUT2D eigenvalue weighted by Crippen LogP contribution is -2.20. The van der Waals surface area contributed by atoms with E-state index in [0.29, 0.717) is 0 Å². The third-order valence-electron chi connectivity index (χ3n) is 2.46. The molecule has 0 unspecified atom stereocenters. The molecule has 0 bridgehead atoms. The standard InChI is InChI=1S/C12H14N2O/c1-12(2,3)9-5-4-8-14-10(9)6-7-13-11(14)15/h4-8H,1-3H3. The molecule has 0 aliphatic rings. The van der Waals surface area contributed by atoms with E-state index in [1.54, 1.807) is 16.8 Å². The minimum absolute atomic E-state index is 0.0281. The maximum Gasteiger partial charge on any atom is 0.352 e. The largest absolute Gasteiger partial charge is 0.352 e. The molecule has 0 aromatic carbocycles. The first-order chi connectivity index (χ1) is 7.00. The molecule has 0 amide bonds. The first-order valence-corrected chi connectivity index (χ1v) is 4.97. The Balaban J connectivity index is 2.89. The fourth-order valence-electron chi connectivity index (χ4n) is 1.73. The molecule has 0 aliphatic carbocycles. The Morgan fingerprint density at radius 3 is 2.67 bits per heavy atom. The maximum absolute atomic E-state index is 11.5. The second-order valence-corrected chi connectivity index (χ2v) is 4.65. The molecule has 0 fully saturated rings. The van der Waals surface area contributed by atoms with Crippen molar-refractivity contribution in [3.8, 4) is 0 Å². The minimum Gasteiger partial charge on any atom is -0.268 e. The van der Waals surface area contributed by atoms with E-state index in [0.717, 1.165) is 11.1 Å². The second kappa shape index (κ2) is 3.19. The lowest BCUT2D eigenvalue weighted by molar-refractivity contribution is 0.592. The van der Waals surface area contributed by atoms with Crippen molar-refractivity contribution in [3.63, 3.8) is 0 Å². The number of rotatable bonds is 0. The van der Waals surface area contributed by atoms with Gasteiger partial charge in [-0.2, -0.15) is 0 Å². The zero-order valence-electron chi connectivity index (χ0n) is 9.19. The molecule has 0 N–H and O–H groups in total. The highest BCUT2D eigenvalue weighted by atomic mass is 16.1. The number of fused-ring (bicyclic) bond motifs is 1. The smallest absolute Gasteiger partial charge is 0.268 e. The van der Waals surface area contributed by atoms with Gasteiger partial charge in [0.05, 0.1) is 5.52 Å². The Labute approximate surface area is 88.4 Å². The van der Waals surface area contributed by atoms with E-state index >= 15 is 0 Å². The summed E-state index contributed by atoms with van der Waals surface area (Å²) in [7, 11) is 0. The average Bonchev–Trinajstić information content (AvgIpc) is 2.16. The van der Waals surface area contributed by atoms with Crippen molar-refractivity contribution in [2.45, 2.75) is 26.2 Å². The van der Waals surface area contributed by atoms with Crippen molar-refractivity contribution in [2.24, 2.45) is 0 Å². The van der Waals surface area contributed by atoms with Crippen LogP contribution in [-0.4, -0.2) is 9.38 Å². The Kier molecular flexibility index (Phi) is 2.11. The summed E-state index contributed by atoms with van der Waals surface area (Å²) in [5.74, 6) is 0. The van der Waals surface area contributed by atoms with Gasteiger partial charge in [0.15, 0.2) is 0 Å². The number of aromatic nitrogens is 2. The molecule has 0 saturated heterocycles. The third kappa shape index (κ3) is 1.65. The van der Waals surface area contributed by atoms with Crippen LogP contribution in [-0.2, 0) is 5.41 Å². The van der Waals surface area contributed by atoms with Gasteiger partial charge in [-0.05, 0) is 23.1 Å². The van der Waals surface area contributed by atoms with Crippen LogP contribution in [0.4, 0.5) is 0 Å². The summed E-state index contributed by atoms with van der Waals surface area (Å²) in [5.41, 5.74) is 1.90. The predicted octanol–water partition coefficient (Wildman–Crippen LogP) is 1.99. The highest BCUT2D eigenvalue weighted by molar-refractivity contribution is 5.56. The van der Waals surface area contributed by atoms with Crippen LogP contribution in [0.25, 0.3) is 5.52 Å². The molecule has 0 radical (unpaired) electrons. The van der Waals surface area contributed by atoms with Crippen molar-refractivity contribution < 1.29 is 0 Å². The molecule has 0 aliphatic heterocycles. The molecule has 0 saturated carbocycles. The van der Waals surface area contributed by atoms with Crippen LogP contribution in [0, 0.1) is 0 Å². The molecule has 2 rings (SSSR count). The fraction of sp³-hybridized carbons (Fsp3) is 0.333. The van der Waals surface area contributed by atoms with Crippen LogP contribution in [0.3, 0.4) is 0 Å². The summed E-state index contributed by atoms with van der Waals surface area (Å²) in [6, 6.07) is 5.81. The Hall–Kier alpha value is -1.64. The van der Waals surface area contributed by atoms with Gasteiger partial charge in [-0.25, -0.2) is 9.78 Å². The van der Waals surface area contributed by atoms with Gasteiger partial charge < -0.3 is 0 Å².